The van der Waals surface area contributed by atoms with Gasteiger partial charge in [-0.15, -0.1) is 5.10 Å². The third-order valence-electron chi connectivity index (χ3n) is 5.38. The zero-order chi connectivity index (χ0) is 24.2. The van der Waals surface area contributed by atoms with E-state index in [-0.39, 0.29) is 11.7 Å². The molecule has 0 aliphatic rings. The van der Waals surface area contributed by atoms with Crippen molar-refractivity contribution in [1.29, 1.82) is 5.26 Å². The van der Waals surface area contributed by atoms with Gasteiger partial charge in [-0.2, -0.15) is 10.4 Å². The number of hydrogen-bond acceptors (Lipinski definition) is 6. The fourth-order valence-electron chi connectivity index (χ4n) is 3.66. The zero-order valence-corrected chi connectivity index (χ0v) is 18.5. The molecule has 5 aromatic rings. The van der Waals surface area contributed by atoms with Crippen LogP contribution in [0.2, 0.25) is 0 Å². The summed E-state index contributed by atoms with van der Waals surface area (Å²) in [5, 5.41) is 20.8. The minimum absolute atomic E-state index is 0.167. The van der Waals surface area contributed by atoms with Crippen molar-refractivity contribution in [2.45, 2.75) is 6.54 Å². The molecule has 0 bridgehead atoms. The van der Waals surface area contributed by atoms with Crippen molar-refractivity contribution in [3.8, 4) is 23.0 Å². The van der Waals surface area contributed by atoms with Crippen LogP contribution in [-0.4, -0.2) is 30.5 Å². The Balaban J connectivity index is 1.40. The van der Waals surface area contributed by atoms with Crippen LogP contribution in [0.1, 0.15) is 21.5 Å². The predicted molar refractivity (Wildman–Crippen MR) is 132 cm³/mol. The number of hydrogen-bond donors (Lipinski definition) is 2. The van der Waals surface area contributed by atoms with Crippen LogP contribution in [0.3, 0.4) is 0 Å². The Kier molecular flexibility index (Phi) is 5.76. The van der Waals surface area contributed by atoms with Crippen molar-refractivity contribution in [3.63, 3.8) is 0 Å². The first-order valence-electron chi connectivity index (χ1n) is 10.8. The predicted octanol–water partition coefficient (Wildman–Crippen LogP) is 3.89. The van der Waals surface area contributed by atoms with Crippen molar-refractivity contribution in [2.75, 3.05) is 11.1 Å². The van der Waals surface area contributed by atoms with Crippen LogP contribution in [0.4, 0.5) is 11.5 Å². The van der Waals surface area contributed by atoms with Gasteiger partial charge in [-0.3, -0.25) is 14.5 Å². The summed E-state index contributed by atoms with van der Waals surface area (Å²) in [4.78, 5) is 17.4. The molecule has 0 atom stereocenters. The number of carbonyl (C=O) groups excluding carboxylic acids is 1. The largest absolute Gasteiger partial charge is 0.381 e. The molecular weight excluding hydrogens is 440 g/mol. The summed E-state index contributed by atoms with van der Waals surface area (Å²) in [7, 11) is 0. The molecule has 35 heavy (non-hydrogen) atoms. The zero-order valence-electron chi connectivity index (χ0n) is 18.5. The van der Waals surface area contributed by atoms with Crippen LogP contribution in [0, 0.1) is 11.3 Å². The Hall–Kier alpha value is -5.23. The summed E-state index contributed by atoms with van der Waals surface area (Å²) < 4.78 is 3.28. The van der Waals surface area contributed by atoms with Gasteiger partial charge >= 0.3 is 0 Å². The number of amides is 1. The highest BCUT2D eigenvalue weighted by molar-refractivity contribution is 6.08. The van der Waals surface area contributed by atoms with Crippen LogP contribution in [-0.2, 0) is 6.54 Å². The fraction of sp³-hybridized carbons (Fsp3) is 0.0385. The van der Waals surface area contributed by atoms with Gasteiger partial charge in [0.2, 0.25) is 0 Å². The maximum atomic E-state index is 13.3. The molecule has 3 heterocycles. The lowest BCUT2D eigenvalue weighted by atomic mass is 10.1. The van der Waals surface area contributed by atoms with Crippen LogP contribution in [0.25, 0.3) is 16.9 Å². The maximum Gasteiger partial charge on any atom is 0.259 e. The Morgan fingerprint density at radius 3 is 2.49 bits per heavy atom. The molecule has 5 rings (SSSR count). The van der Waals surface area contributed by atoms with E-state index < -0.39 is 0 Å². The molecule has 9 heteroatoms. The van der Waals surface area contributed by atoms with Crippen LogP contribution in [0.15, 0.2) is 91.5 Å². The topological polar surface area (TPSA) is 127 Å². The molecule has 2 aromatic carbocycles. The van der Waals surface area contributed by atoms with Gasteiger partial charge in [-0.05, 0) is 42.0 Å². The summed E-state index contributed by atoms with van der Waals surface area (Å²) in [5.74, 6) is -0.119. The number of nitrogens with two attached hydrogens (primary N) is 1. The minimum Gasteiger partial charge on any atom is -0.381 e. The highest BCUT2D eigenvalue weighted by Crippen LogP contribution is 2.23. The van der Waals surface area contributed by atoms with Crippen molar-refractivity contribution in [2.24, 2.45) is 0 Å². The molecule has 0 aliphatic heterocycles. The number of carbonyl (C=O) groups is 1. The Bertz CT molecular complexity index is 1510. The van der Waals surface area contributed by atoms with E-state index in [0.717, 1.165) is 11.1 Å². The first kappa shape index (κ1) is 21.6. The van der Waals surface area contributed by atoms with Gasteiger partial charge in [0.25, 0.3) is 5.91 Å². The summed E-state index contributed by atoms with van der Waals surface area (Å²) in [6.07, 6.45) is 6.67. The van der Waals surface area contributed by atoms with Gasteiger partial charge in [-0.25, -0.2) is 4.68 Å². The number of anilines is 2. The molecule has 0 saturated carbocycles. The van der Waals surface area contributed by atoms with Crippen LogP contribution < -0.4 is 11.1 Å². The lowest BCUT2D eigenvalue weighted by Gasteiger charge is -2.07. The number of nitrogens with one attached hydrogen (secondary N) is 1. The van der Waals surface area contributed by atoms with E-state index in [2.05, 4.69) is 20.5 Å². The first-order valence-corrected chi connectivity index (χ1v) is 10.8. The van der Waals surface area contributed by atoms with Gasteiger partial charge in [0.1, 0.15) is 17.3 Å². The van der Waals surface area contributed by atoms with Crippen molar-refractivity contribution in [3.05, 3.63) is 108 Å². The molecule has 0 fully saturated rings. The van der Waals surface area contributed by atoms with Crippen molar-refractivity contribution < 1.29 is 4.79 Å². The molecule has 0 aliphatic carbocycles. The fourth-order valence-corrected chi connectivity index (χ4v) is 3.66. The second kappa shape index (κ2) is 9.33. The third-order valence-corrected chi connectivity index (χ3v) is 5.38. The van der Waals surface area contributed by atoms with Gasteiger partial charge in [-0.1, -0.05) is 30.3 Å². The molecule has 3 aromatic heterocycles. The summed E-state index contributed by atoms with van der Waals surface area (Å²) in [6, 6.07) is 22.7. The number of nitrogen functional groups attached to an aromatic ring is 1. The van der Waals surface area contributed by atoms with Crippen molar-refractivity contribution >= 4 is 17.4 Å². The molecule has 1 amide bonds. The monoisotopic (exact) mass is 460 g/mol. The Morgan fingerprint density at radius 1 is 1.00 bits per heavy atom. The molecular formula is C26H20N8O. The molecule has 9 nitrogen and oxygen atoms in total. The second-order valence-electron chi connectivity index (χ2n) is 7.80. The van der Waals surface area contributed by atoms with E-state index >= 15 is 0 Å². The number of benzene rings is 2. The number of aromatic nitrogens is 5. The van der Waals surface area contributed by atoms with E-state index in [1.807, 2.05) is 48.5 Å². The van der Waals surface area contributed by atoms with E-state index in [1.165, 1.54) is 4.68 Å². The number of nitriles is 1. The average Bonchev–Trinajstić information content (AvgIpc) is 3.49. The summed E-state index contributed by atoms with van der Waals surface area (Å²) >= 11 is 0. The number of pyridine rings is 1. The molecule has 0 unspecified atom stereocenters. The molecule has 3 N–H and O–H groups in total. The standard InChI is InChI=1S/C26H20N8O/c27-13-20-16-34(32-25(20)28)22-10-8-21(9-11-22)30-26(35)23-17-33(15-18-5-2-1-3-6-18)31-24(23)19-7-4-12-29-14-19/h1-12,14,16-17H,15H2,(H2,28,32)(H,30,35). The average molecular weight is 461 g/mol. The summed E-state index contributed by atoms with van der Waals surface area (Å²) in [5.41, 5.74) is 10.2. The number of rotatable bonds is 6. The van der Waals surface area contributed by atoms with Gasteiger partial charge < -0.3 is 11.1 Å². The molecule has 170 valence electrons. The van der Waals surface area contributed by atoms with Gasteiger partial charge in [0.15, 0.2) is 5.82 Å². The molecule has 0 radical (unpaired) electrons. The van der Waals surface area contributed by atoms with E-state index in [4.69, 9.17) is 11.0 Å². The number of nitrogens with zero attached hydrogens (tertiary/aromatic N) is 6. The van der Waals surface area contributed by atoms with Crippen LogP contribution in [0.5, 0.6) is 0 Å². The minimum atomic E-state index is -0.286. The second-order valence-corrected chi connectivity index (χ2v) is 7.80. The summed E-state index contributed by atoms with van der Waals surface area (Å²) in [6.45, 7) is 0.535. The Labute approximate surface area is 201 Å². The Morgan fingerprint density at radius 2 is 1.80 bits per heavy atom. The van der Waals surface area contributed by atoms with Gasteiger partial charge in [0.05, 0.1) is 24.0 Å². The van der Waals surface area contributed by atoms with Gasteiger partial charge in [0, 0.05) is 29.8 Å². The van der Waals surface area contributed by atoms with E-state index in [9.17, 15) is 4.79 Å². The maximum absolute atomic E-state index is 13.3. The van der Waals surface area contributed by atoms with Crippen molar-refractivity contribution in [1.82, 2.24) is 24.5 Å². The van der Waals surface area contributed by atoms with E-state index in [0.29, 0.717) is 34.7 Å². The first-order chi connectivity index (χ1) is 17.1. The normalized spacial score (nSPS) is 10.6. The SMILES string of the molecule is N#Cc1cn(-c2ccc(NC(=O)c3cn(Cc4ccccc4)nc3-c3cccnc3)cc2)nc1N. The van der Waals surface area contributed by atoms with Crippen LogP contribution >= 0.6 is 0 Å². The third kappa shape index (κ3) is 4.62. The smallest absolute Gasteiger partial charge is 0.259 e. The molecule has 0 saturated heterocycles. The lowest BCUT2D eigenvalue weighted by molar-refractivity contribution is 0.102. The highest BCUT2D eigenvalue weighted by Gasteiger charge is 2.19. The molecule has 0 spiro atoms. The quantitative estimate of drug-likeness (QED) is 0.396. The lowest BCUT2D eigenvalue weighted by Crippen LogP contribution is -2.12. The highest BCUT2D eigenvalue weighted by atomic mass is 16.1. The van der Waals surface area contributed by atoms with E-state index in [1.54, 1.807) is 53.7 Å².